The molecule has 36 heavy (non-hydrogen) atoms. The van der Waals surface area contributed by atoms with Gasteiger partial charge in [-0.3, -0.25) is 4.79 Å². The molecule has 2 aliphatic rings. The van der Waals surface area contributed by atoms with Crippen molar-refractivity contribution in [2.75, 3.05) is 26.3 Å². The Hall–Kier alpha value is -3.77. The minimum atomic E-state index is -3.77. The van der Waals surface area contributed by atoms with Crippen molar-refractivity contribution < 1.29 is 17.9 Å². The topological polar surface area (TPSA) is 132 Å². The number of sulfonamides is 1. The lowest BCUT2D eigenvalue weighted by Crippen LogP contribution is -2.38. The number of benzene rings is 2. The summed E-state index contributed by atoms with van der Waals surface area (Å²) >= 11 is 0. The van der Waals surface area contributed by atoms with E-state index < -0.39 is 10.0 Å². The van der Waals surface area contributed by atoms with E-state index in [0.717, 1.165) is 5.56 Å². The van der Waals surface area contributed by atoms with Crippen LogP contribution in [0.5, 0.6) is 11.5 Å². The second kappa shape index (κ2) is 9.03. The third-order valence-corrected chi connectivity index (χ3v) is 8.48. The van der Waals surface area contributed by atoms with Gasteiger partial charge in [0.15, 0.2) is 22.7 Å². The molecule has 6 rings (SSSR count). The summed E-state index contributed by atoms with van der Waals surface area (Å²) < 4.78 is 41.1. The minimum Gasteiger partial charge on any atom is -0.486 e. The molecule has 11 nitrogen and oxygen atoms in total. The molecule has 12 heteroatoms. The van der Waals surface area contributed by atoms with Crippen molar-refractivity contribution >= 4 is 21.2 Å². The third-order valence-electron chi connectivity index (χ3n) is 6.56. The molecule has 1 N–H and O–H groups in total. The highest BCUT2D eigenvalue weighted by atomic mass is 32.2. The first-order chi connectivity index (χ1) is 17.5. The van der Waals surface area contributed by atoms with Crippen LogP contribution in [0.3, 0.4) is 0 Å². The molecule has 0 saturated carbocycles. The maximum Gasteiger partial charge on any atom is 0.281 e. The highest BCUT2D eigenvalue weighted by Gasteiger charge is 2.34. The maximum absolute atomic E-state index is 13.4. The number of H-pyrrole nitrogens is 1. The molecular formula is C24H24N6O5S. The molecule has 0 bridgehead atoms. The molecule has 2 aromatic carbocycles. The normalized spacial score (nSPS) is 16.9. The van der Waals surface area contributed by atoms with Crippen molar-refractivity contribution in [2.24, 2.45) is 0 Å². The number of rotatable bonds is 5. The zero-order valence-corrected chi connectivity index (χ0v) is 20.1. The van der Waals surface area contributed by atoms with Gasteiger partial charge in [0.1, 0.15) is 23.9 Å². The first-order valence-corrected chi connectivity index (χ1v) is 13.2. The average molecular weight is 509 g/mol. The van der Waals surface area contributed by atoms with Gasteiger partial charge in [-0.25, -0.2) is 18.1 Å². The van der Waals surface area contributed by atoms with Crippen molar-refractivity contribution in [1.29, 1.82) is 0 Å². The molecule has 186 valence electrons. The number of aromatic nitrogens is 5. The molecular weight excluding hydrogens is 484 g/mol. The molecule has 4 heterocycles. The molecule has 0 unspecified atom stereocenters. The van der Waals surface area contributed by atoms with E-state index in [1.54, 1.807) is 22.9 Å². The summed E-state index contributed by atoms with van der Waals surface area (Å²) in [6.45, 7) is 1.72. The van der Waals surface area contributed by atoms with E-state index in [9.17, 15) is 13.2 Å². The van der Waals surface area contributed by atoms with Crippen LogP contribution in [0.15, 0.2) is 58.2 Å². The summed E-state index contributed by atoms with van der Waals surface area (Å²) in [6.07, 6.45) is 1.03. The number of para-hydroxylation sites is 1. The number of nitrogens with zero attached hydrogens (tertiary/aromatic N) is 5. The fourth-order valence-corrected chi connectivity index (χ4v) is 6.31. The Balaban J connectivity index is 1.23. The standard InChI is InChI=1S/C24H24N6O5S/c31-24-20-23(30(28-27-20)15-16-5-2-1-3-6-16)25-22(26-24)17-9-11-29(12-10-17)36(32,33)19-8-4-7-18-21(19)35-14-13-34-18/h1-8,17H,9-15H2,(H,25,26,31). The summed E-state index contributed by atoms with van der Waals surface area (Å²) in [5.41, 5.74) is 1.27. The molecule has 2 aromatic heterocycles. The van der Waals surface area contributed by atoms with E-state index in [-0.39, 0.29) is 27.6 Å². The van der Waals surface area contributed by atoms with Gasteiger partial charge in [0, 0.05) is 19.0 Å². The maximum atomic E-state index is 13.4. The van der Waals surface area contributed by atoms with Crippen LogP contribution >= 0.6 is 0 Å². The van der Waals surface area contributed by atoms with Gasteiger partial charge in [0.05, 0.1) is 6.54 Å². The Bertz CT molecular complexity index is 1580. The van der Waals surface area contributed by atoms with Gasteiger partial charge in [-0.1, -0.05) is 41.6 Å². The predicted octanol–water partition coefficient (Wildman–Crippen LogP) is 1.90. The van der Waals surface area contributed by atoms with E-state index in [4.69, 9.17) is 14.5 Å². The lowest BCUT2D eigenvalue weighted by atomic mass is 9.97. The van der Waals surface area contributed by atoms with Gasteiger partial charge in [0.25, 0.3) is 5.56 Å². The zero-order valence-electron chi connectivity index (χ0n) is 19.3. The summed E-state index contributed by atoms with van der Waals surface area (Å²) in [7, 11) is -3.77. The predicted molar refractivity (Wildman–Crippen MR) is 130 cm³/mol. The Morgan fingerprint density at radius 2 is 1.78 bits per heavy atom. The fourth-order valence-electron chi connectivity index (χ4n) is 4.70. The van der Waals surface area contributed by atoms with Crippen molar-refractivity contribution in [3.05, 3.63) is 70.3 Å². The Labute approximate surface area is 206 Å². The quantitative estimate of drug-likeness (QED) is 0.432. The van der Waals surface area contributed by atoms with Crippen LogP contribution in [0.1, 0.15) is 30.1 Å². The summed E-state index contributed by atoms with van der Waals surface area (Å²) in [5, 5.41) is 8.14. The molecule has 4 aromatic rings. The van der Waals surface area contributed by atoms with E-state index in [0.29, 0.717) is 62.9 Å². The lowest BCUT2D eigenvalue weighted by Gasteiger charge is -2.31. The van der Waals surface area contributed by atoms with Crippen LogP contribution < -0.4 is 15.0 Å². The summed E-state index contributed by atoms with van der Waals surface area (Å²) in [5.74, 6) is 1.13. The van der Waals surface area contributed by atoms with Crippen LogP contribution in [-0.2, 0) is 16.6 Å². The number of nitrogens with one attached hydrogen (secondary N) is 1. The molecule has 0 atom stereocenters. The molecule has 0 spiro atoms. The van der Waals surface area contributed by atoms with E-state index in [1.165, 1.54) is 4.31 Å². The SMILES string of the molecule is O=c1[nH]c(C2CCN(S(=O)(=O)c3cccc4c3OCCO4)CC2)nc2c1nnn2Cc1ccccc1. The monoisotopic (exact) mass is 508 g/mol. The van der Waals surface area contributed by atoms with Crippen molar-refractivity contribution in [2.45, 2.75) is 30.2 Å². The largest absolute Gasteiger partial charge is 0.486 e. The highest BCUT2D eigenvalue weighted by Crippen LogP contribution is 2.39. The van der Waals surface area contributed by atoms with Gasteiger partial charge in [0.2, 0.25) is 10.0 Å². The smallest absolute Gasteiger partial charge is 0.281 e. The lowest BCUT2D eigenvalue weighted by molar-refractivity contribution is 0.166. The van der Waals surface area contributed by atoms with Gasteiger partial charge < -0.3 is 14.5 Å². The van der Waals surface area contributed by atoms with Crippen LogP contribution in [0.2, 0.25) is 0 Å². The van der Waals surface area contributed by atoms with Crippen LogP contribution in [0, 0.1) is 0 Å². The molecule has 2 aliphatic heterocycles. The first kappa shape index (κ1) is 22.7. The van der Waals surface area contributed by atoms with E-state index in [2.05, 4.69) is 15.3 Å². The summed E-state index contributed by atoms with van der Waals surface area (Å²) in [4.78, 5) is 20.4. The fraction of sp³-hybridized carbons (Fsp3) is 0.333. The third kappa shape index (κ3) is 4.01. The molecule has 1 fully saturated rings. The minimum absolute atomic E-state index is 0.0992. The Morgan fingerprint density at radius 1 is 1.00 bits per heavy atom. The first-order valence-electron chi connectivity index (χ1n) is 11.8. The van der Waals surface area contributed by atoms with Crippen molar-refractivity contribution in [1.82, 2.24) is 29.3 Å². The highest BCUT2D eigenvalue weighted by molar-refractivity contribution is 7.89. The number of hydrogen-bond acceptors (Lipinski definition) is 8. The van der Waals surface area contributed by atoms with Gasteiger partial charge in [-0.15, -0.1) is 5.10 Å². The van der Waals surface area contributed by atoms with Crippen molar-refractivity contribution in [3.8, 4) is 11.5 Å². The second-order valence-corrected chi connectivity index (χ2v) is 10.7. The second-order valence-electron chi connectivity index (χ2n) is 8.81. The van der Waals surface area contributed by atoms with Crippen LogP contribution in [-0.4, -0.2) is 64.0 Å². The number of hydrogen-bond donors (Lipinski definition) is 1. The van der Waals surface area contributed by atoms with E-state index in [1.807, 2.05) is 30.3 Å². The number of piperidine rings is 1. The Kier molecular flexibility index (Phi) is 5.69. The number of fused-ring (bicyclic) bond motifs is 2. The number of ether oxygens (including phenoxy) is 2. The molecule has 0 aliphatic carbocycles. The van der Waals surface area contributed by atoms with E-state index >= 15 is 0 Å². The summed E-state index contributed by atoms with van der Waals surface area (Å²) in [6, 6.07) is 14.7. The van der Waals surface area contributed by atoms with Crippen LogP contribution in [0.25, 0.3) is 11.2 Å². The van der Waals surface area contributed by atoms with Crippen LogP contribution in [0.4, 0.5) is 0 Å². The molecule has 1 saturated heterocycles. The van der Waals surface area contributed by atoms with Gasteiger partial charge >= 0.3 is 0 Å². The number of aromatic amines is 1. The zero-order chi connectivity index (χ0) is 24.7. The Morgan fingerprint density at radius 3 is 2.58 bits per heavy atom. The van der Waals surface area contributed by atoms with Gasteiger partial charge in [-0.05, 0) is 30.5 Å². The molecule has 0 radical (unpaired) electrons. The van der Waals surface area contributed by atoms with Gasteiger partial charge in [-0.2, -0.15) is 4.31 Å². The average Bonchev–Trinajstić information content (AvgIpc) is 3.32. The van der Waals surface area contributed by atoms with Crippen molar-refractivity contribution in [3.63, 3.8) is 0 Å². The molecule has 0 amide bonds.